The molecule has 1 unspecified atom stereocenters. The van der Waals surface area contributed by atoms with Crippen LogP contribution < -0.4 is 5.32 Å². The molecular formula is C19H30F3N3O2. The summed E-state index contributed by atoms with van der Waals surface area (Å²) in [4.78, 5) is 14.2. The van der Waals surface area contributed by atoms with Crippen molar-refractivity contribution in [3.8, 4) is 0 Å². The number of nitrogens with one attached hydrogen (secondary N) is 2. The highest BCUT2D eigenvalue weighted by atomic mass is 19.4. The van der Waals surface area contributed by atoms with Crippen LogP contribution in [0.1, 0.15) is 64.2 Å². The van der Waals surface area contributed by atoms with E-state index in [0.717, 1.165) is 25.7 Å². The lowest BCUT2D eigenvalue weighted by atomic mass is 9.79. The maximum Gasteiger partial charge on any atom is 0.391 e. The van der Waals surface area contributed by atoms with Gasteiger partial charge in [-0.3, -0.25) is 15.1 Å². The molecule has 5 nitrogen and oxygen atoms in total. The van der Waals surface area contributed by atoms with Gasteiger partial charge in [0.1, 0.15) is 5.54 Å². The number of hydrogen-bond donors (Lipinski definition) is 2. The minimum Gasteiger partial charge on any atom is -0.375 e. The first kappa shape index (κ1) is 20.4. The van der Waals surface area contributed by atoms with Crippen molar-refractivity contribution >= 4 is 11.9 Å². The Kier molecular flexibility index (Phi) is 6.03. The average molecular weight is 389 g/mol. The molecular weight excluding hydrogens is 359 g/mol. The van der Waals surface area contributed by atoms with Crippen LogP contribution in [0.15, 0.2) is 0 Å². The number of alkyl halides is 3. The first-order valence-corrected chi connectivity index (χ1v) is 10.0. The van der Waals surface area contributed by atoms with Crippen molar-refractivity contribution in [3.63, 3.8) is 0 Å². The van der Waals surface area contributed by atoms with Crippen LogP contribution >= 0.6 is 0 Å². The van der Waals surface area contributed by atoms with Crippen molar-refractivity contribution in [2.24, 2.45) is 11.8 Å². The standard InChI is InChI=1S/C19H30F3N3O2/c1-25-16(26)18(24-17(25)23,11-13-5-3-2-4-6-13)12-27-15-9-7-14(8-10-15)19(20,21)22/h13-15H,2-12H2,1H3,(H2,23,24). The summed E-state index contributed by atoms with van der Waals surface area (Å²) in [6.07, 6.45) is 2.83. The second-order valence-electron chi connectivity index (χ2n) is 8.45. The molecule has 2 saturated carbocycles. The van der Waals surface area contributed by atoms with E-state index in [1.165, 1.54) is 11.3 Å². The molecule has 0 aromatic carbocycles. The number of carbonyl (C=O) groups is 1. The molecule has 2 aliphatic carbocycles. The van der Waals surface area contributed by atoms with Crippen LogP contribution in [-0.2, 0) is 9.53 Å². The van der Waals surface area contributed by atoms with E-state index < -0.39 is 17.6 Å². The number of likely N-dealkylation sites (N-methyl/N-ethyl adjacent to an activating group) is 1. The summed E-state index contributed by atoms with van der Waals surface area (Å²) in [5.74, 6) is -0.916. The normalized spacial score (nSPS) is 33.4. The van der Waals surface area contributed by atoms with E-state index in [1.807, 2.05) is 0 Å². The lowest BCUT2D eigenvalue weighted by Gasteiger charge is -2.35. The Labute approximate surface area is 158 Å². The highest BCUT2D eigenvalue weighted by Gasteiger charge is 2.50. The van der Waals surface area contributed by atoms with E-state index in [-0.39, 0.29) is 37.4 Å². The number of hydrogen-bond acceptors (Lipinski definition) is 3. The first-order valence-electron chi connectivity index (χ1n) is 10.0. The third-order valence-corrected chi connectivity index (χ3v) is 6.47. The van der Waals surface area contributed by atoms with Gasteiger partial charge >= 0.3 is 6.18 Å². The fraction of sp³-hybridized carbons (Fsp3) is 0.895. The molecule has 0 radical (unpaired) electrons. The Hall–Kier alpha value is -1.31. The van der Waals surface area contributed by atoms with Gasteiger partial charge in [-0.25, -0.2) is 0 Å². The number of halogens is 3. The number of ether oxygens (including phenoxy) is 1. The molecule has 1 saturated heterocycles. The van der Waals surface area contributed by atoms with E-state index in [4.69, 9.17) is 10.1 Å². The number of guanidine groups is 1. The van der Waals surface area contributed by atoms with Crippen LogP contribution in [0.4, 0.5) is 13.2 Å². The second kappa shape index (κ2) is 7.97. The molecule has 0 aromatic rings. The van der Waals surface area contributed by atoms with E-state index in [0.29, 0.717) is 25.2 Å². The molecule has 27 heavy (non-hydrogen) atoms. The molecule has 154 valence electrons. The van der Waals surface area contributed by atoms with Gasteiger partial charge in [-0.1, -0.05) is 32.1 Å². The van der Waals surface area contributed by atoms with Crippen LogP contribution in [0.3, 0.4) is 0 Å². The van der Waals surface area contributed by atoms with Crippen molar-refractivity contribution in [1.82, 2.24) is 10.2 Å². The maximum absolute atomic E-state index is 12.9. The third-order valence-electron chi connectivity index (χ3n) is 6.47. The molecule has 3 rings (SSSR count). The smallest absolute Gasteiger partial charge is 0.375 e. The summed E-state index contributed by atoms with van der Waals surface area (Å²) in [5, 5.41) is 11.0. The molecule has 0 aromatic heterocycles. The van der Waals surface area contributed by atoms with Gasteiger partial charge in [0.25, 0.3) is 5.91 Å². The quantitative estimate of drug-likeness (QED) is 0.751. The van der Waals surface area contributed by atoms with Gasteiger partial charge < -0.3 is 10.1 Å². The lowest BCUT2D eigenvalue weighted by Crippen LogP contribution is -2.53. The molecule has 2 N–H and O–H groups in total. The molecule has 1 atom stereocenters. The van der Waals surface area contributed by atoms with Crippen LogP contribution in [0.5, 0.6) is 0 Å². The van der Waals surface area contributed by atoms with Gasteiger partial charge in [-0.05, 0) is 38.0 Å². The van der Waals surface area contributed by atoms with Crippen LogP contribution in [-0.4, -0.2) is 48.2 Å². The Balaban J connectivity index is 1.61. The predicted molar refractivity (Wildman–Crippen MR) is 95.3 cm³/mol. The van der Waals surface area contributed by atoms with Gasteiger partial charge in [0.05, 0.1) is 18.6 Å². The van der Waals surface area contributed by atoms with E-state index >= 15 is 0 Å². The van der Waals surface area contributed by atoms with Crippen molar-refractivity contribution in [3.05, 3.63) is 0 Å². The van der Waals surface area contributed by atoms with Crippen molar-refractivity contribution in [2.45, 2.75) is 82.0 Å². The van der Waals surface area contributed by atoms with Crippen LogP contribution in [0.2, 0.25) is 0 Å². The van der Waals surface area contributed by atoms with Crippen LogP contribution in [0, 0.1) is 17.2 Å². The topological polar surface area (TPSA) is 65.4 Å². The zero-order valence-electron chi connectivity index (χ0n) is 15.9. The molecule has 8 heteroatoms. The second-order valence-corrected chi connectivity index (χ2v) is 8.45. The van der Waals surface area contributed by atoms with Gasteiger partial charge in [0.2, 0.25) is 0 Å². The average Bonchev–Trinajstić information content (AvgIpc) is 2.85. The monoisotopic (exact) mass is 389 g/mol. The Morgan fingerprint density at radius 3 is 2.30 bits per heavy atom. The zero-order chi connectivity index (χ0) is 19.7. The van der Waals surface area contributed by atoms with Gasteiger partial charge in [-0.2, -0.15) is 13.2 Å². The summed E-state index contributed by atoms with van der Waals surface area (Å²) in [6.45, 7) is 0.121. The molecule has 0 bridgehead atoms. The molecule has 0 spiro atoms. The number of carbonyl (C=O) groups excluding carboxylic acids is 1. The number of nitrogens with zero attached hydrogens (tertiary/aromatic N) is 1. The largest absolute Gasteiger partial charge is 0.391 e. The Morgan fingerprint density at radius 1 is 1.15 bits per heavy atom. The van der Waals surface area contributed by atoms with Gasteiger partial charge in [-0.15, -0.1) is 0 Å². The zero-order valence-corrected chi connectivity index (χ0v) is 15.9. The third kappa shape index (κ3) is 4.58. The lowest BCUT2D eigenvalue weighted by molar-refractivity contribution is -0.188. The molecule has 1 amide bonds. The minimum atomic E-state index is -4.13. The Morgan fingerprint density at radius 2 is 1.78 bits per heavy atom. The maximum atomic E-state index is 12.9. The fourth-order valence-corrected chi connectivity index (χ4v) is 4.78. The van der Waals surface area contributed by atoms with Gasteiger partial charge in [0, 0.05) is 7.05 Å². The van der Waals surface area contributed by atoms with E-state index in [2.05, 4.69) is 5.32 Å². The molecule has 3 aliphatic rings. The molecule has 3 fully saturated rings. The summed E-state index contributed by atoms with van der Waals surface area (Å²) in [5.41, 5.74) is -0.950. The SMILES string of the molecule is CN1C(=N)NC(COC2CCC(C(F)(F)F)CC2)(CC2CCCCC2)C1=O. The summed E-state index contributed by atoms with van der Waals surface area (Å²) >= 11 is 0. The minimum absolute atomic E-state index is 0.0696. The van der Waals surface area contributed by atoms with Crippen molar-refractivity contribution < 1.29 is 22.7 Å². The summed E-state index contributed by atoms with van der Waals surface area (Å²) < 4.78 is 44.5. The summed E-state index contributed by atoms with van der Waals surface area (Å²) in [6, 6.07) is 0. The summed E-state index contributed by atoms with van der Waals surface area (Å²) in [7, 11) is 1.58. The number of rotatable bonds is 5. The highest BCUT2D eigenvalue weighted by Crippen LogP contribution is 2.39. The molecule has 1 heterocycles. The fourth-order valence-electron chi connectivity index (χ4n) is 4.78. The first-order chi connectivity index (χ1) is 12.7. The highest BCUT2D eigenvalue weighted by molar-refractivity contribution is 6.07. The Bertz CT molecular complexity index is 555. The molecule has 1 aliphatic heterocycles. The van der Waals surface area contributed by atoms with Gasteiger partial charge in [0.15, 0.2) is 5.96 Å². The number of amides is 1. The van der Waals surface area contributed by atoms with E-state index in [9.17, 15) is 18.0 Å². The van der Waals surface area contributed by atoms with Crippen LogP contribution in [0.25, 0.3) is 0 Å². The van der Waals surface area contributed by atoms with Crippen molar-refractivity contribution in [2.75, 3.05) is 13.7 Å². The van der Waals surface area contributed by atoms with Crippen molar-refractivity contribution in [1.29, 1.82) is 5.41 Å². The van der Waals surface area contributed by atoms with E-state index in [1.54, 1.807) is 7.05 Å². The predicted octanol–water partition coefficient (Wildman–Crippen LogP) is 3.83.